The van der Waals surface area contributed by atoms with Crippen LogP contribution in [0.15, 0.2) is 41.1 Å². The third-order valence-electron chi connectivity index (χ3n) is 2.46. The standard InChI is InChI=1S/C13H12BrNO2/c1-16-9-5-6-12(17-2)11(8-9)10-4-3-7-15-13(10)14/h3-8H,1-2H3. The Morgan fingerprint density at radius 3 is 2.53 bits per heavy atom. The summed E-state index contributed by atoms with van der Waals surface area (Å²) in [6.07, 6.45) is 1.74. The van der Waals surface area contributed by atoms with Gasteiger partial charge in [0, 0.05) is 17.3 Å². The fourth-order valence-corrected chi connectivity index (χ4v) is 2.08. The van der Waals surface area contributed by atoms with Gasteiger partial charge in [0.25, 0.3) is 0 Å². The molecule has 17 heavy (non-hydrogen) atoms. The van der Waals surface area contributed by atoms with Crippen LogP contribution in [0, 0.1) is 0 Å². The predicted molar refractivity (Wildman–Crippen MR) is 70.5 cm³/mol. The number of hydrogen-bond donors (Lipinski definition) is 0. The summed E-state index contributed by atoms with van der Waals surface area (Å²) in [5.41, 5.74) is 1.93. The zero-order valence-electron chi connectivity index (χ0n) is 9.61. The normalized spacial score (nSPS) is 10.1. The van der Waals surface area contributed by atoms with E-state index in [0.717, 1.165) is 27.2 Å². The van der Waals surface area contributed by atoms with E-state index >= 15 is 0 Å². The molecule has 0 N–H and O–H groups in total. The maximum atomic E-state index is 5.35. The summed E-state index contributed by atoms with van der Waals surface area (Å²) in [6.45, 7) is 0. The first-order valence-corrected chi connectivity index (χ1v) is 5.88. The lowest BCUT2D eigenvalue weighted by Gasteiger charge is -2.11. The molecule has 0 unspecified atom stereocenters. The highest BCUT2D eigenvalue weighted by molar-refractivity contribution is 9.10. The van der Waals surface area contributed by atoms with Crippen molar-refractivity contribution in [3.63, 3.8) is 0 Å². The van der Waals surface area contributed by atoms with E-state index in [9.17, 15) is 0 Å². The maximum absolute atomic E-state index is 5.35. The summed E-state index contributed by atoms with van der Waals surface area (Å²) < 4.78 is 11.4. The number of benzene rings is 1. The number of aromatic nitrogens is 1. The average molecular weight is 294 g/mol. The Morgan fingerprint density at radius 2 is 1.88 bits per heavy atom. The monoisotopic (exact) mass is 293 g/mol. The molecule has 1 aromatic heterocycles. The van der Waals surface area contributed by atoms with Gasteiger partial charge in [0.05, 0.1) is 14.2 Å². The van der Waals surface area contributed by atoms with Gasteiger partial charge in [-0.1, -0.05) is 0 Å². The van der Waals surface area contributed by atoms with Crippen LogP contribution in [0.2, 0.25) is 0 Å². The minimum Gasteiger partial charge on any atom is -0.497 e. The molecule has 0 fully saturated rings. The molecule has 0 saturated heterocycles. The van der Waals surface area contributed by atoms with E-state index in [1.807, 2.05) is 30.3 Å². The molecule has 2 aromatic rings. The molecule has 0 saturated carbocycles. The number of pyridine rings is 1. The second kappa shape index (κ2) is 5.19. The van der Waals surface area contributed by atoms with E-state index in [1.54, 1.807) is 20.4 Å². The van der Waals surface area contributed by atoms with Crippen molar-refractivity contribution in [1.29, 1.82) is 0 Å². The fourth-order valence-electron chi connectivity index (χ4n) is 1.61. The highest BCUT2D eigenvalue weighted by atomic mass is 79.9. The lowest BCUT2D eigenvalue weighted by atomic mass is 10.1. The van der Waals surface area contributed by atoms with Crippen LogP contribution in [0.25, 0.3) is 11.1 Å². The number of methoxy groups -OCH3 is 2. The molecule has 0 aliphatic carbocycles. The summed E-state index contributed by atoms with van der Waals surface area (Å²) in [4.78, 5) is 4.21. The highest BCUT2D eigenvalue weighted by Crippen LogP contribution is 2.36. The van der Waals surface area contributed by atoms with Gasteiger partial charge in [-0.25, -0.2) is 4.98 Å². The van der Waals surface area contributed by atoms with Crippen molar-refractivity contribution in [3.8, 4) is 22.6 Å². The smallest absolute Gasteiger partial charge is 0.127 e. The van der Waals surface area contributed by atoms with Gasteiger partial charge in [-0.3, -0.25) is 0 Å². The zero-order valence-corrected chi connectivity index (χ0v) is 11.2. The highest BCUT2D eigenvalue weighted by Gasteiger charge is 2.10. The van der Waals surface area contributed by atoms with Gasteiger partial charge in [-0.15, -0.1) is 0 Å². The zero-order chi connectivity index (χ0) is 12.3. The summed E-state index contributed by atoms with van der Waals surface area (Å²) >= 11 is 3.44. The van der Waals surface area contributed by atoms with Crippen molar-refractivity contribution in [2.24, 2.45) is 0 Å². The first-order chi connectivity index (χ1) is 8.26. The van der Waals surface area contributed by atoms with Gasteiger partial charge < -0.3 is 9.47 Å². The Balaban J connectivity index is 2.60. The van der Waals surface area contributed by atoms with Crippen LogP contribution < -0.4 is 9.47 Å². The van der Waals surface area contributed by atoms with Crippen molar-refractivity contribution in [2.45, 2.75) is 0 Å². The van der Waals surface area contributed by atoms with Crippen LogP contribution >= 0.6 is 15.9 Å². The molecule has 1 heterocycles. The molecule has 2 rings (SSSR count). The Hall–Kier alpha value is -1.55. The van der Waals surface area contributed by atoms with Gasteiger partial charge in [-0.2, -0.15) is 0 Å². The Labute approximate surface area is 109 Å². The molecule has 0 atom stereocenters. The molecular formula is C13H12BrNO2. The van der Waals surface area contributed by atoms with Crippen molar-refractivity contribution >= 4 is 15.9 Å². The van der Waals surface area contributed by atoms with Crippen LogP contribution in [-0.4, -0.2) is 19.2 Å². The predicted octanol–water partition coefficient (Wildman–Crippen LogP) is 3.53. The lowest BCUT2D eigenvalue weighted by Crippen LogP contribution is -1.91. The van der Waals surface area contributed by atoms with Gasteiger partial charge in [0.15, 0.2) is 0 Å². The molecule has 0 spiro atoms. The number of nitrogens with zero attached hydrogens (tertiary/aromatic N) is 1. The second-order valence-electron chi connectivity index (χ2n) is 3.41. The summed E-state index contributed by atoms with van der Waals surface area (Å²) in [5.74, 6) is 1.58. The topological polar surface area (TPSA) is 31.4 Å². The maximum Gasteiger partial charge on any atom is 0.127 e. The second-order valence-corrected chi connectivity index (χ2v) is 4.16. The third-order valence-corrected chi connectivity index (χ3v) is 3.09. The van der Waals surface area contributed by atoms with Crippen molar-refractivity contribution in [1.82, 2.24) is 4.98 Å². The van der Waals surface area contributed by atoms with E-state index in [-0.39, 0.29) is 0 Å². The van der Waals surface area contributed by atoms with E-state index in [0.29, 0.717) is 0 Å². The molecule has 1 aromatic carbocycles. The number of ether oxygens (including phenoxy) is 2. The van der Waals surface area contributed by atoms with E-state index in [2.05, 4.69) is 20.9 Å². The minimum atomic E-state index is 0.784. The number of hydrogen-bond acceptors (Lipinski definition) is 3. The Morgan fingerprint density at radius 1 is 1.06 bits per heavy atom. The summed E-state index contributed by atoms with van der Waals surface area (Å²) in [5, 5.41) is 0. The fraction of sp³-hybridized carbons (Fsp3) is 0.154. The largest absolute Gasteiger partial charge is 0.497 e. The molecule has 4 heteroatoms. The molecule has 0 radical (unpaired) electrons. The first kappa shape index (κ1) is 11.9. The molecule has 0 aliphatic heterocycles. The van der Waals surface area contributed by atoms with Crippen molar-refractivity contribution in [2.75, 3.05) is 14.2 Å². The van der Waals surface area contributed by atoms with Gasteiger partial charge in [0.2, 0.25) is 0 Å². The third kappa shape index (κ3) is 2.42. The van der Waals surface area contributed by atoms with Crippen molar-refractivity contribution in [3.05, 3.63) is 41.1 Å². The summed E-state index contributed by atoms with van der Waals surface area (Å²) in [6, 6.07) is 9.55. The SMILES string of the molecule is COc1ccc(OC)c(-c2cccnc2Br)c1. The molecule has 3 nitrogen and oxygen atoms in total. The van der Waals surface area contributed by atoms with E-state index in [1.165, 1.54) is 0 Å². The summed E-state index contributed by atoms with van der Waals surface area (Å²) in [7, 11) is 3.29. The number of rotatable bonds is 3. The first-order valence-electron chi connectivity index (χ1n) is 5.09. The lowest BCUT2D eigenvalue weighted by molar-refractivity contribution is 0.404. The Bertz CT molecular complexity index is 529. The average Bonchev–Trinajstić information content (AvgIpc) is 2.38. The van der Waals surface area contributed by atoms with Gasteiger partial charge in [0.1, 0.15) is 16.1 Å². The van der Waals surface area contributed by atoms with E-state index in [4.69, 9.17) is 9.47 Å². The van der Waals surface area contributed by atoms with Crippen molar-refractivity contribution < 1.29 is 9.47 Å². The minimum absolute atomic E-state index is 0.784. The van der Waals surface area contributed by atoms with Crippen LogP contribution in [0.5, 0.6) is 11.5 Å². The quantitative estimate of drug-likeness (QED) is 0.812. The van der Waals surface area contributed by atoms with Gasteiger partial charge in [-0.05, 0) is 46.3 Å². The van der Waals surface area contributed by atoms with Crippen LogP contribution in [0.1, 0.15) is 0 Å². The van der Waals surface area contributed by atoms with Crippen LogP contribution in [-0.2, 0) is 0 Å². The van der Waals surface area contributed by atoms with Crippen LogP contribution in [0.3, 0.4) is 0 Å². The van der Waals surface area contributed by atoms with Gasteiger partial charge >= 0.3 is 0 Å². The molecule has 0 aliphatic rings. The van der Waals surface area contributed by atoms with E-state index < -0.39 is 0 Å². The van der Waals surface area contributed by atoms with Crippen LogP contribution in [0.4, 0.5) is 0 Å². The molecule has 88 valence electrons. The molecular weight excluding hydrogens is 282 g/mol. The Kier molecular flexibility index (Phi) is 3.64. The molecule has 0 amide bonds. The molecule has 0 bridgehead atoms. The number of halogens is 1.